The highest BCUT2D eigenvalue weighted by Gasteiger charge is 2.15. The van der Waals surface area contributed by atoms with Gasteiger partial charge in [-0.25, -0.2) is 4.98 Å². The molecule has 2 rings (SSSR count). The second-order valence-electron chi connectivity index (χ2n) is 4.15. The number of pyridine rings is 1. The number of ether oxygens (including phenoxy) is 1. The summed E-state index contributed by atoms with van der Waals surface area (Å²) in [5.74, 6) is 0. The molecule has 3 nitrogen and oxygen atoms in total. The lowest BCUT2D eigenvalue weighted by molar-refractivity contribution is 0.1000. The highest BCUT2D eigenvalue weighted by molar-refractivity contribution is 7.99. The second-order valence-corrected chi connectivity index (χ2v) is 5.47. The summed E-state index contributed by atoms with van der Waals surface area (Å²) in [5, 5.41) is 1.75. The van der Waals surface area contributed by atoms with Gasteiger partial charge in [-0.3, -0.25) is 0 Å². The molecule has 1 atom stereocenters. The van der Waals surface area contributed by atoms with E-state index in [4.69, 9.17) is 10.5 Å². The van der Waals surface area contributed by atoms with Crippen molar-refractivity contribution in [3.05, 3.63) is 23.9 Å². The molecule has 1 fully saturated rings. The van der Waals surface area contributed by atoms with Gasteiger partial charge in [0, 0.05) is 30.7 Å². The van der Waals surface area contributed by atoms with E-state index >= 15 is 0 Å². The van der Waals surface area contributed by atoms with Crippen LogP contribution in [-0.4, -0.2) is 23.4 Å². The van der Waals surface area contributed by atoms with Gasteiger partial charge in [0.15, 0.2) is 0 Å². The lowest BCUT2D eigenvalue weighted by atomic mass is 10.2. The highest BCUT2D eigenvalue weighted by Crippen LogP contribution is 2.28. The van der Waals surface area contributed by atoms with Gasteiger partial charge in [-0.05, 0) is 31.4 Å². The van der Waals surface area contributed by atoms with Crippen molar-refractivity contribution in [1.82, 2.24) is 4.98 Å². The van der Waals surface area contributed by atoms with E-state index in [1.54, 1.807) is 0 Å². The predicted octanol–water partition coefficient (Wildman–Crippen LogP) is 2.37. The van der Waals surface area contributed by atoms with Gasteiger partial charge in [-0.15, -0.1) is 11.8 Å². The van der Waals surface area contributed by atoms with Crippen molar-refractivity contribution >= 4 is 11.8 Å². The van der Waals surface area contributed by atoms with Crippen molar-refractivity contribution < 1.29 is 4.74 Å². The van der Waals surface area contributed by atoms with Crippen molar-refractivity contribution in [2.24, 2.45) is 5.73 Å². The summed E-state index contributed by atoms with van der Waals surface area (Å²) in [6.45, 7) is 3.74. The lowest BCUT2D eigenvalue weighted by Crippen LogP contribution is -2.17. The number of hydrogen-bond acceptors (Lipinski definition) is 4. The molecule has 4 heteroatoms. The fourth-order valence-electron chi connectivity index (χ4n) is 1.70. The van der Waals surface area contributed by atoms with Gasteiger partial charge in [-0.1, -0.05) is 6.07 Å². The van der Waals surface area contributed by atoms with Crippen LogP contribution in [0.3, 0.4) is 0 Å². The number of thioether (sulfide) groups is 1. The van der Waals surface area contributed by atoms with Crippen LogP contribution in [0.4, 0.5) is 0 Å². The van der Waals surface area contributed by atoms with Crippen molar-refractivity contribution in [1.29, 1.82) is 0 Å². The van der Waals surface area contributed by atoms with E-state index in [0.717, 1.165) is 36.6 Å². The Labute approximate surface area is 101 Å². The van der Waals surface area contributed by atoms with Crippen molar-refractivity contribution in [3.8, 4) is 0 Å². The molecule has 1 saturated heterocycles. The average Bonchev–Trinajstić information content (AvgIpc) is 2.31. The summed E-state index contributed by atoms with van der Waals surface area (Å²) in [4.78, 5) is 4.44. The molecule has 1 aliphatic rings. The maximum atomic E-state index is 5.78. The highest BCUT2D eigenvalue weighted by atomic mass is 32.2. The Morgan fingerprint density at radius 1 is 1.44 bits per heavy atom. The molecule has 0 spiro atoms. The van der Waals surface area contributed by atoms with E-state index < -0.39 is 0 Å². The molecule has 0 aliphatic carbocycles. The van der Waals surface area contributed by atoms with Gasteiger partial charge in [0.2, 0.25) is 0 Å². The zero-order valence-electron chi connectivity index (χ0n) is 9.56. The summed E-state index contributed by atoms with van der Waals surface area (Å²) in [5.41, 5.74) is 6.88. The molecule has 88 valence electrons. The lowest BCUT2D eigenvalue weighted by Gasteiger charge is -2.21. The fraction of sp³-hybridized carbons (Fsp3) is 0.583. The molecule has 0 aromatic carbocycles. The molecular formula is C12H18N2OS. The standard InChI is InChI=1S/C12H18N2OS/c1-9(13)10-2-3-12(14-8-10)16-11-4-6-15-7-5-11/h2-3,8-9,11H,4-7,13H2,1H3. The van der Waals surface area contributed by atoms with Gasteiger partial charge in [0.25, 0.3) is 0 Å². The summed E-state index contributed by atoms with van der Waals surface area (Å²) in [6, 6.07) is 4.20. The topological polar surface area (TPSA) is 48.1 Å². The van der Waals surface area contributed by atoms with Crippen LogP contribution in [0.1, 0.15) is 31.4 Å². The van der Waals surface area contributed by atoms with Crippen molar-refractivity contribution in [3.63, 3.8) is 0 Å². The summed E-state index contributed by atoms with van der Waals surface area (Å²) < 4.78 is 5.34. The summed E-state index contributed by atoms with van der Waals surface area (Å²) in [7, 11) is 0. The molecule has 2 heterocycles. The Kier molecular flexibility index (Phi) is 4.21. The second kappa shape index (κ2) is 5.66. The maximum Gasteiger partial charge on any atom is 0.0962 e. The first-order valence-electron chi connectivity index (χ1n) is 5.71. The van der Waals surface area contributed by atoms with E-state index in [0.29, 0.717) is 5.25 Å². The minimum atomic E-state index is 0.0645. The Balaban J connectivity index is 1.93. The molecule has 1 unspecified atom stereocenters. The molecule has 0 bridgehead atoms. The molecule has 0 amide bonds. The molecule has 1 aromatic heterocycles. The summed E-state index contributed by atoms with van der Waals surface area (Å²) in [6.07, 6.45) is 4.13. The quantitative estimate of drug-likeness (QED) is 0.878. The number of nitrogens with two attached hydrogens (primary N) is 1. The molecule has 0 radical (unpaired) electrons. The van der Waals surface area contributed by atoms with Crippen LogP contribution < -0.4 is 5.73 Å². The monoisotopic (exact) mass is 238 g/mol. The van der Waals surface area contributed by atoms with Crippen LogP contribution in [0.2, 0.25) is 0 Å². The third kappa shape index (κ3) is 3.20. The fourth-order valence-corrected chi connectivity index (χ4v) is 2.73. The van der Waals surface area contributed by atoms with Crippen molar-refractivity contribution in [2.75, 3.05) is 13.2 Å². The molecule has 1 aliphatic heterocycles. The minimum Gasteiger partial charge on any atom is -0.381 e. The van der Waals surface area contributed by atoms with E-state index in [9.17, 15) is 0 Å². The van der Waals surface area contributed by atoms with Gasteiger partial charge < -0.3 is 10.5 Å². The minimum absolute atomic E-state index is 0.0645. The Hall–Kier alpha value is -0.580. The van der Waals surface area contributed by atoms with Gasteiger partial charge in [-0.2, -0.15) is 0 Å². The van der Waals surface area contributed by atoms with E-state index in [-0.39, 0.29) is 6.04 Å². The first-order valence-corrected chi connectivity index (χ1v) is 6.59. The number of nitrogens with zero attached hydrogens (tertiary/aromatic N) is 1. The number of hydrogen-bond donors (Lipinski definition) is 1. The Morgan fingerprint density at radius 3 is 2.75 bits per heavy atom. The molecule has 16 heavy (non-hydrogen) atoms. The maximum absolute atomic E-state index is 5.78. The SMILES string of the molecule is CC(N)c1ccc(SC2CCOCC2)nc1. The van der Waals surface area contributed by atoms with Gasteiger partial charge in [0.05, 0.1) is 5.03 Å². The van der Waals surface area contributed by atoms with Crippen LogP contribution in [0, 0.1) is 0 Å². The number of aromatic nitrogens is 1. The zero-order chi connectivity index (χ0) is 11.4. The third-order valence-corrected chi connectivity index (χ3v) is 4.03. The predicted molar refractivity (Wildman–Crippen MR) is 66.5 cm³/mol. The Bertz CT molecular complexity index is 320. The molecular weight excluding hydrogens is 220 g/mol. The van der Waals surface area contributed by atoms with Crippen LogP contribution >= 0.6 is 11.8 Å². The van der Waals surface area contributed by atoms with Gasteiger partial charge in [0.1, 0.15) is 0 Å². The first-order chi connectivity index (χ1) is 7.75. The Morgan fingerprint density at radius 2 is 2.19 bits per heavy atom. The third-order valence-electron chi connectivity index (χ3n) is 2.74. The van der Waals surface area contributed by atoms with E-state index in [2.05, 4.69) is 17.1 Å². The molecule has 2 N–H and O–H groups in total. The van der Waals surface area contributed by atoms with Crippen LogP contribution in [0.25, 0.3) is 0 Å². The molecule has 1 aromatic rings. The van der Waals surface area contributed by atoms with E-state index in [1.165, 1.54) is 0 Å². The van der Waals surface area contributed by atoms with Gasteiger partial charge >= 0.3 is 0 Å². The zero-order valence-corrected chi connectivity index (χ0v) is 10.4. The molecule has 0 saturated carbocycles. The van der Waals surface area contributed by atoms with E-state index in [1.807, 2.05) is 24.9 Å². The van der Waals surface area contributed by atoms with Crippen molar-refractivity contribution in [2.45, 2.75) is 36.1 Å². The summed E-state index contributed by atoms with van der Waals surface area (Å²) >= 11 is 1.85. The first kappa shape index (κ1) is 11.9. The largest absolute Gasteiger partial charge is 0.381 e. The number of rotatable bonds is 3. The van der Waals surface area contributed by atoms with Crippen LogP contribution in [0.15, 0.2) is 23.4 Å². The van der Waals surface area contributed by atoms with Crippen LogP contribution in [0.5, 0.6) is 0 Å². The van der Waals surface area contributed by atoms with Crippen LogP contribution in [-0.2, 0) is 4.74 Å². The smallest absolute Gasteiger partial charge is 0.0962 e. The average molecular weight is 238 g/mol. The normalized spacial score (nSPS) is 19.6.